The van der Waals surface area contributed by atoms with Crippen LogP contribution in [0, 0.1) is 27.7 Å². The maximum absolute atomic E-state index is 13.3. The van der Waals surface area contributed by atoms with E-state index in [9.17, 15) is 18.0 Å². The fourth-order valence-electron chi connectivity index (χ4n) is 3.41. The lowest BCUT2D eigenvalue weighted by atomic mass is 10.0. The number of aryl methyl sites for hydroxylation is 2. The Bertz CT molecular complexity index is 874. The van der Waals surface area contributed by atoms with Crippen molar-refractivity contribution in [3.05, 3.63) is 41.0 Å². The number of rotatable bonds is 5. The molecule has 1 aliphatic rings. The lowest BCUT2D eigenvalue weighted by Gasteiger charge is -2.35. The molecule has 0 atom stereocenters. The minimum absolute atomic E-state index is 0.0487. The number of sulfonamides is 1. The van der Waals surface area contributed by atoms with Gasteiger partial charge in [-0.15, -0.1) is 0 Å². The highest BCUT2D eigenvalue weighted by atomic mass is 32.2. The first-order valence-corrected chi connectivity index (χ1v) is 10.7. The SMILES string of the molecule is C=CC(=O)N(C)CC(=O)N1CCN(S(=O)(=O)c2c(C)c(C)cc(C)c2C)CC1. The molecular formula is C20H29N3O4S. The summed E-state index contributed by atoms with van der Waals surface area (Å²) in [7, 11) is -2.10. The number of likely N-dealkylation sites (N-methyl/N-ethyl adjacent to an activating group) is 1. The molecule has 0 bridgehead atoms. The predicted molar refractivity (Wildman–Crippen MR) is 109 cm³/mol. The van der Waals surface area contributed by atoms with Gasteiger partial charge in [0, 0.05) is 33.2 Å². The van der Waals surface area contributed by atoms with Crippen molar-refractivity contribution in [2.45, 2.75) is 32.6 Å². The Morgan fingerprint density at radius 1 is 1.07 bits per heavy atom. The normalized spacial score (nSPS) is 15.4. The van der Waals surface area contributed by atoms with Crippen LogP contribution in [0.3, 0.4) is 0 Å². The summed E-state index contributed by atoms with van der Waals surface area (Å²) in [6.45, 7) is 11.9. The van der Waals surface area contributed by atoms with E-state index in [2.05, 4.69) is 6.58 Å². The molecule has 8 heteroatoms. The van der Waals surface area contributed by atoms with Crippen LogP contribution in [0.2, 0.25) is 0 Å². The van der Waals surface area contributed by atoms with Gasteiger partial charge in [0.05, 0.1) is 11.4 Å². The number of amides is 2. The van der Waals surface area contributed by atoms with Crippen LogP contribution in [0.4, 0.5) is 0 Å². The monoisotopic (exact) mass is 407 g/mol. The zero-order valence-corrected chi connectivity index (χ0v) is 18.1. The van der Waals surface area contributed by atoms with Crippen LogP contribution in [0.1, 0.15) is 22.3 Å². The molecule has 0 unspecified atom stereocenters. The molecule has 0 N–H and O–H groups in total. The van der Waals surface area contributed by atoms with Gasteiger partial charge < -0.3 is 9.80 Å². The van der Waals surface area contributed by atoms with E-state index in [1.54, 1.807) is 4.90 Å². The van der Waals surface area contributed by atoms with Gasteiger partial charge >= 0.3 is 0 Å². The van der Waals surface area contributed by atoms with E-state index in [4.69, 9.17) is 0 Å². The van der Waals surface area contributed by atoms with Crippen LogP contribution in [-0.4, -0.2) is 74.1 Å². The molecule has 1 fully saturated rings. The number of carbonyl (C=O) groups is 2. The zero-order valence-electron chi connectivity index (χ0n) is 17.3. The average Bonchev–Trinajstić information content (AvgIpc) is 2.65. The number of nitrogens with zero attached hydrogens (tertiary/aromatic N) is 3. The van der Waals surface area contributed by atoms with Crippen LogP contribution < -0.4 is 0 Å². The summed E-state index contributed by atoms with van der Waals surface area (Å²) >= 11 is 0. The fraction of sp³-hybridized carbons (Fsp3) is 0.500. The summed E-state index contributed by atoms with van der Waals surface area (Å²) in [4.78, 5) is 27.2. The van der Waals surface area contributed by atoms with Crippen molar-refractivity contribution < 1.29 is 18.0 Å². The van der Waals surface area contributed by atoms with Crippen LogP contribution in [0.5, 0.6) is 0 Å². The molecule has 0 saturated carbocycles. The molecule has 0 radical (unpaired) electrons. The van der Waals surface area contributed by atoms with E-state index in [-0.39, 0.29) is 31.4 Å². The highest BCUT2D eigenvalue weighted by molar-refractivity contribution is 7.89. The minimum atomic E-state index is -3.64. The van der Waals surface area contributed by atoms with Gasteiger partial charge in [0.15, 0.2) is 0 Å². The topological polar surface area (TPSA) is 78.0 Å². The highest BCUT2D eigenvalue weighted by Crippen LogP contribution is 2.29. The lowest BCUT2D eigenvalue weighted by Crippen LogP contribution is -2.52. The third-order valence-electron chi connectivity index (χ3n) is 5.41. The fourth-order valence-corrected chi connectivity index (χ4v) is 5.41. The van der Waals surface area contributed by atoms with E-state index in [1.165, 1.54) is 16.3 Å². The van der Waals surface area contributed by atoms with Gasteiger partial charge in [0.25, 0.3) is 0 Å². The van der Waals surface area contributed by atoms with Crippen LogP contribution in [-0.2, 0) is 19.6 Å². The van der Waals surface area contributed by atoms with Crippen molar-refractivity contribution >= 4 is 21.8 Å². The molecule has 0 aliphatic carbocycles. The van der Waals surface area contributed by atoms with Crippen molar-refractivity contribution in [1.29, 1.82) is 0 Å². The first-order valence-electron chi connectivity index (χ1n) is 9.23. The molecule has 1 aromatic carbocycles. The number of carbonyl (C=O) groups excluding carboxylic acids is 2. The second-order valence-corrected chi connectivity index (χ2v) is 9.15. The Kier molecular flexibility index (Phi) is 6.67. The Hall–Kier alpha value is -2.19. The molecule has 1 heterocycles. The van der Waals surface area contributed by atoms with E-state index < -0.39 is 10.0 Å². The summed E-state index contributed by atoms with van der Waals surface area (Å²) < 4.78 is 28.0. The van der Waals surface area contributed by atoms with E-state index >= 15 is 0 Å². The summed E-state index contributed by atoms with van der Waals surface area (Å²) in [6, 6.07) is 2.00. The molecule has 1 aliphatic heterocycles. The Morgan fingerprint density at radius 3 is 2.04 bits per heavy atom. The van der Waals surface area contributed by atoms with Crippen LogP contribution >= 0.6 is 0 Å². The molecule has 154 valence electrons. The number of hydrogen-bond acceptors (Lipinski definition) is 4. The summed E-state index contributed by atoms with van der Waals surface area (Å²) in [6.07, 6.45) is 1.16. The van der Waals surface area contributed by atoms with Gasteiger partial charge in [-0.25, -0.2) is 8.42 Å². The van der Waals surface area contributed by atoms with Crippen molar-refractivity contribution in [3.8, 4) is 0 Å². The molecule has 0 aromatic heterocycles. The standard InChI is InChI=1S/C20H29N3O4S/c1-7-18(24)21(6)13-19(25)22-8-10-23(11-9-22)28(26,27)20-16(4)14(2)12-15(3)17(20)5/h7,12H,1,8-11,13H2,2-6H3. The van der Waals surface area contributed by atoms with Gasteiger partial charge in [0.2, 0.25) is 21.8 Å². The maximum Gasteiger partial charge on any atom is 0.246 e. The van der Waals surface area contributed by atoms with E-state index in [0.29, 0.717) is 18.0 Å². The second kappa shape index (κ2) is 8.45. The predicted octanol–water partition coefficient (Wildman–Crippen LogP) is 1.40. The first-order chi connectivity index (χ1) is 13.0. The largest absolute Gasteiger partial charge is 0.339 e. The number of hydrogen-bond donors (Lipinski definition) is 0. The molecule has 7 nitrogen and oxygen atoms in total. The van der Waals surface area contributed by atoms with Crippen molar-refractivity contribution in [3.63, 3.8) is 0 Å². The summed E-state index contributed by atoms with van der Waals surface area (Å²) in [5.74, 6) is -0.524. The van der Waals surface area contributed by atoms with Crippen LogP contribution in [0.25, 0.3) is 0 Å². The summed E-state index contributed by atoms with van der Waals surface area (Å²) in [5, 5.41) is 0. The van der Waals surface area contributed by atoms with Gasteiger partial charge in [0.1, 0.15) is 0 Å². The second-order valence-electron chi connectivity index (χ2n) is 7.27. The lowest BCUT2D eigenvalue weighted by molar-refractivity contribution is -0.138. The molecule has 1 saturated heterocycles. The average molecular weight is 408 g/mol. The Labute approximate surface area is 167 Å². The van der Waals surface area contributed by atoms with Gasteiger partial charge in [-0.3, -0.25) is 9.59 Å². The molecule has 28 heavy (non-hydrogen) atoms. The van der Waals surface area contributed by atoms with Crippen LogP contribution in [0.15, 0.2) is 23.6 Å². The molecule has 0 spiro atoms. The third-order valence-corrected chi connectivity index (χ3v) is 7.58. The quantitative estimate of drug-likeness (QED) is 0.691. The highest BCUT2D eigenvalue weighted by Gasteiger charge is 2.33. The van der Waals surface area contributed by atoms with Gasteiger partial charge in [-0.2, -0.15) is 4.31 Å². The zero-order chi connectivity index (χ0) is 21.2. The van der Waals surface area contributed by atoms with E-state index in [0.717, 1.165) is 28.3 Å². The van der Waals surface area contributed by atoms with Crippen molar-refractivity contribution in [2.75, 3.05) is 39.8 Å². The molecule has 2 rings (SSSR count). The van der Waals surface area contributed by atoms with Gasteiger partial charge in [-0.05, 0) is 56.0 Å². The summed E-state index contributed by atoms with van der Waals surface area (Å²) in [5.41, 5.74) is 3.44. The number of benzene rings is 1. The molecular weight excluding hydrogens is 378 g/mol. The molecule has 1 aromatic rings. The van der Waals surface area contributed by atoms with E-state index in [1.807, 2.05) is 33.8 Å². The molecule has 2 amide bonds. The van der Waals surface area contributed by atoms with Crippen molar-refractivity contribution in [2.24, 2.45) is 0 Å². The first kappa shape index (κ1) is 22.1. The third kappa shape index (κ3) is 4.28. The Balaban J connectivity index is 2.14. The smallest absolute Gasteiger partial charge is 0.246 e. The van der Waals surface area contributed by atoms with Gasteiger partial charge in [-0.1, -0.05) is 12.6 Å². The number of piperazine rings is 1. The minimum Gasteiger partial charge on any atom is -0.339 e. The van der Waals surface area contributed by atoms with Crippen molar-refractivity contribution in [1.82, 2.24) is 14.1 Å². The Morgan fingerprint density at radius 2 is 1.57 bits per heavy atom. The maximum atomic E-state index is 13.3.